The predicted octanol–water partition coefficient (Wildman–Crippen LogP) is 1.10. The molecule has 8 heteroatoms. The van der Waals surface area contributed by atoms with Gasteiger partial charge in [0.25, 0.3) is 0 Å². The van der Waals surface area contributed by atoms with E-state index in [-0.39, 0.29) is 12.0 Å². The summed E-state index contributed by atoms with van der Waals surface area (Å²) in [5, 5.41) is 4.68. The summed E-state index contributed by atoms with van der Waals surface area (Å²) in [6.45, 7) is 5.27. The molecule has 1 saturated heterocycles. The Bertz CT molecular complexity index is 1200. The highest BCUT2D eigenvalue weighted by atomic mass is 16.2. The number of rotatable bonds is 4. The van der Waals surface area contributed by atoms with Crippen molar-refractivity contribution in [1.29, 1.82) is 0 Å². The summed E-state index contributed by atoms with van der Waals surface area (Å²) in [6, 6.07) is 11.6. The summed E-state index contributed by atoms with van der Waals surface area (Å²) in [5.74, 6) is 0.739. The number of aryl methyl sites for hydroxylation is 1. The standard InChI is InChI=1S/C22H24N6O2/c1-16-5-4-7-18(24-16)13-26-11-8-22(15-26)9-12-27-19(29)20(30)28(25-21(22)27)14-17-6-2-3-10-23-17/h2-7,10H,8-9,11-15H2,1H3. The van der Waals surface area contributed by atoms with Gasteiger partial charge < -0.3 is 0 Å². The van der Waals surface area contributed by atoms with Gasteiger partial charge in [-0.1, -0.05) is 12.1 Å². The van der Waals surface area contributed by atoms with Crippen molar-refractivity contribution in [3.63, 3.8) is 0 Å². The molecule has 0 saturated carbocycles. The van der Waals surface area contributed by atoms with Gasteiger partial charge in [-0.25, -0.2) is 4.68 Å². The number of aromatic nitrogens is 5. The first-order chi connectivity index (χ1) is 14.5. The van der Waals surface area contributed by atoms with Gasteiger partial charge in [0, 0.05) is 36.9 Å². The molecule has 0 aromatic carbocycles. The third-order valence-electron chi connectivity index (χ3n) is 6.22. The van der Waals surface area contributed by atoms with Crippen LogP contribution in [0.3, 0.4) is 0 Å². The second-order valence-corrected chi connectivity index (χ2v) is 8.33. The summed E-state index contributed by atoms with van der Waals surface area (Å²) in [5.41, 5.74) is 1.52. The van der Waals surface area contributed by atoms with E-state index in [9.17, 15) is 9.59 Å². The molecule has 1 spiro atoms. The first-order valence-corrected chi connectivity index (χ1v) is 10.3. The maximum absolute atomic E-state index is 12.8. The monoisotopic (exact) mass is 404 g/mol. The van der Waals surface area contributed by atoms with Crippen molar-refractivity contribution in [2.75, 3.05) is 13.1 Å². The van der Waals surface area contributed by atoms with Crippen molar-refractivity contribution in [1.82, 2.24) is 29.2 Å². The third-order valence-corrected chi connectivity index (χ3v) is 6.22. The molecular formula is C22H24N6O2. The van der Waals surface area contributed by atoms with Crippen LogP contribution in [0, 0.1) is 6.92 Å². The lowest BCUT2D eigenvalue weighted by atomic mass is 9.85. The van der Waals surface area contributed by atoms with E-state index in [0.29, 0.717) is 12.2 Å². The third kappa shape index (κ3) is 3.27. The quantitative estimate of drug-likeness (QED) is 0.606. The van der Waals surface area contributed by atoms with E-state index in [1.54, 1.807) is 10.8 Å². The van der Waals surface area contributed by atoms with Crippen LogP contribution in [0.2, 0.25) is 0 Å². The Balaban J connectivity index is 1.45. The van der Waals surface area contributed by atoms with Crippen molar-refractivity contribution < 1.29 is 0 Å². The van der Waals surface area contributed by atoms with Gasteiger partial charge in [0.2, 0.25) is 0 Å². The van der Waals surface area contributed by atoms with Crippen molar-refractivity contribution in [2.24, 2.45) is 0 Å². The normalized spacial score (nSPS) is 20.7. The Kier molecular flexibility index (Phi) is 4.58. The van der Waals surface area contributed by atoms with Crippen LogP contribution in [0.5, 0.6) is 0 Å². The van der Waals surface area contributed by atoms with Gasteiger partial charge >= 0.3 is 11.1 Å². The molecule has 0 radical (unpaired) electrons. The maximum atomic E-state index is 12.8. The fraction of sp³-hybridized carbons (Fsp3) is 0.409. The summed E-state index contributed by atoms with van der Waals surface area (Å²) < 4.78 is 2.88. The Morgan fingerprint density at radius 3 is 2.60 bits per heavy atom. The van der Waals surface area contributed by atoms with Crippen LogP contribution in [0.1, 0.15) is 35.7 Å². The van der Waals surface area contributed by atoms with Crippen LogP contribution in [-0.4, -0.2) is 42.3 Å². The molecule has 2 aliphatic heterocycles. The van der Waals surface area contributed by atoms with Crippen LogP contribution in [0.25, 0.3) is 0 Å². The van der Waals surface area contributed by atoms with Gasteiger partial charge in [-0.05, 0) is 50.6 Å². The number of pyridine rings is 2. The van der Waals surface area contributed by atoms with Gasteiger partial charge in [0.1, 0.15) is 5.82 Å². The van der Waals surface area contributed by atoms with Crippen molar-refractivity contribution >= 4 is 0 Å². The largest absolute Gasteiger partial charge is 0.332 e. The predicted molar refractivity (Wildman–Crippen MR) is 111 cm³/mol. The SMILES string of the molecule is Cc1cccc(CN2CCC3(CCn4c3nn(Cc3ccccn3)c(=O)c4=O)C2)n1. The molecule has 1 unspecified atom stereocenters. The highest BCUT2D eigenvalue weighted by Gasteiger charge is 2.47. The van der Waals surface area contributed by atoms with Gasteiger partial charge in [-0.2, -0.15) is 5.10 Å². The van der Waals surface area contributed by atoms with Crippen LogP contribution < -0.4 is 11.1 Å². The number of nitrogens with zero attached hydrogens (tertiary/aromatic N) is 6. The fourth-order valence-corrected chi connectivity index (χ4v) is 4.72. The van der Waals surface area contributed by atoms with Crippen LogP contribution in [0.15, 0.2) is 52.2 Å². The van der Waals surface area contributed by atoms with E-state index in [1.807, 2.05) is 43.3 Å². The first-order valence-electron chi connectivity index (χ1n) is 10.3. The molecule has 154 valence electrons. The van der Waals surface area contributed by atoms with Gasteiger partial charge in [0.15, 0.2) is 0 Å². The molecule has 0 N–H and O–H groups in total. The Morgan fingerprint density at radius 1 is 0.967 bits per heavy atom. The molecule has 1 fully saturated rings. The number of fused-ring (bicyclic) bond motifs is 2. The molecule has 5 rings (SSSR count). The van der Waals surface area contributed by atoms with E-state index in [2.05, 4.69) is 20.0 Å². The Hall–Kier alpha value is -3.13. The molecule has 30 heavy (non-hydrogen) atoms. The van der Waals surface area contributed by atoms with Gasteiger partial charge in [-0.15, -0.1) is 0 Å². The van der Waals surface area contributed by atoms with E-state index < -0.39 is 11.1 Å². The number of hydrogen-bond acceptors (Lipinski definition) is 6. The fourth-order valence-electron chi connectivity index (χ4n) is 4.72. The van der Waals surface area contributed by atoms with Crippen molar-refractivity contribution in [3.8, 4) is 0 Å². The summed E-state index contributed by atoms with van der Waals surface area (Å²) in [7, 11) is 0. The minimum Gasteiger partial charge on any atom is -0.296 e. The number of likely N-dealkylation sites (tertiary alicyclic amines) is 1. The van der Waals surface area contributed by atoms with Gasteiger partial charge in [0.05, 0.1) is 17.9 Å². The van der Waals surface area contributed by atoms with Gasteiger partial charge in [-0.3, -0.25) is 29.0 Å². The molecule has 0 amide bonds. The number of hydrogen-bond donors (Lipinski definition) is 0. The zero-order valence-corrected chi connectivity index (χ0v) is 17.0. The summed E-state index contributed by atoms with van der Waals surface area (Å²) in [4.78, 5) is 36.6. The zero-order chi connectivity index (χ0) is 20.7. The smallest absolute Gasteiger partial charge is 0.296 e. The highest BCUT2D eigenvalue weighted by Crippen LogP contribution is 2.40. The minimum atomic E-state index is -0.583. The topological polar surface area (TPSA) is 85.9 Å². The molecule has 8 nitrogen and oxygen atoms in total. The molecule has 0 aliphatic carbocycles. The van der Waals surface area contributed by atoms with Crippen LogP contribution >= 0.6 is 0 Å². The molecule has 3 aromatic heterocycles. The molecule has 5 heterocycles. The van der Waals surface area contributed by atoms with Crippen LogP contribution in [0.4, 0.5) is 0 Å². The lowest BCUT2D eigenvalue weighted by molar-refractivity contribution is 0.294. The lowest BCUT2D eigenvalue weighted by Crippen LogP contribution is -2.45. The Morgan fingerprint density at radius 2 is 1.80 bits per heavy atom. The van der Waals surface area contributed by atoms with E-state index in [4.69, 9.17) is 0 Å². The Labute approximate surface area is 173 Å². The maximum Gasteiger partial charge on any atom is 0.332 e. The molecule has 3 aromatic rings. The minimum absolute atomic E-state index is 0.192. The highest BCUT2D eigenvalue weighted by molar-refractivity contribution is 5.19. The molecule has 0 bridgehead atoms. The summed E-state index contributed by atoms with van der Waals surface area (Å²) in [6.07, 6.45) is 3.43. The van der Waals surface area contributed by atoms with Crippen LogP contribution in [-0.2, 0) is 25.0 Å². The average molecular weight is 404 g/mol. The molecule has 1 atom stereocenters. The second-order valence-electron chi connectivity index (χ2n) is 8.33. The van der Waals surface area contributed by atoms with Crippen molar-refractivity contribution in [3.05, 3.63) is 86.2 Å². The van der Waals surface area contributed by atoms with E-state index in [0.717, 1.165) is 49.7 Å². The first kappa shape index (κ1) is 18.9. The zero-order valence-electron chi connectivity index (χ0n) is 17.0. The summed E-state index contributed by atoms with van der Waals surface area (Å²) >= 11 is 0. The molecular weight excluding hydrogens is 380 g/mol. The lowest BCUT2D eigenvalue weighted by Gasteiger charge is -2.23. The van der Waals surface area contributed by atoms with Crippen molar-refractivity contribution in [2.45, 2.75) is 44.8 Å². The van der Waals surface area contributed by atoms with E-state index in [1.165, 1.54) is 4.68 Å². The van der Waals surface area contributed by atoms with E-state index >= 15 is 0 Å². The average Bonchev–Trinajstić information content (AvgIpc) is 3.31. The second kappa shape index (κ2) is 7.28. The molecule has 2 aliphatic rings.